The molecular formula is C19H16N2O5S. The van der Waals surface area contributed by atoms with Crippen molar-refractivity contribution < 1.29 is 18.7 Å². The average molecular weight is 384 g/mol. The number of methoxy groups -OCH3 is 2. The molecular weight excluding hydrogens is 368 g/mol. The Kier molecular flexibility index (Phi) is 5.37. The zero-order valence-corrected chi connectivity index (χ0v) is 15.4. The Bertz CT molecular complexity index is 1050. The number of carbonyl (C=O) groups excluding carboxylic acids is 1. The second-order valence-electron chi connectivity index (χ2n) is 5.45. The highest BCUT2D eigenvalue weighted by molar-refractivity contribution is 7.80. The zero-order valence-electron chi connectivity index (χ0n) is 14.6. The van der Waals surface area contributed by atoms with E-state index in [1.807, 2.05) is 0 Å². The Labute approximate surface area is 159 Å². The molecule has 0 atom stereocenters. The van der Waals surface area contributed by atoms with Crippen LogP contribution in [0.3, 0.4) is 0 Å². The van der Waals surface area contributed by atoms with Gasteiger partial charge in [0.05, 0.1) is 14.2 Å². The number of anilines is 1. The summed E-state index contributed by atoms with van der Waals surface area (Å²) in [7, 11) is 2.94. The molecule has 0 aliphatic heterocycles. The number of amides is 1. The standard InChI is InChI=1S/C19H16N2O5S/c1-24-14-4-3-5-15(25-2)17(14)18(23)21-19(27)20-12-7-8-13-11(10-12)6-9-16(22)26-13/h3-10H,1-2H3,(H2,20,21,23,27). The zero-order chi connectivity index (χ0) is 19.4. The van der Waals surface area contributed by atoms with E-state index in [1.54, 1.807) is 42.5 Å². The quantitative estimate of drug-likeness (QED) is 0.528. The smallest absolute Gasteiger partial charge is 0.336 e. The van der Waals surface area contributed by atoms with Crippen molar-refractivity contribution in [3.8, 4) is 11.5 Å². The van der Waals surface area contributed by atoms with E-state index in [4.69, 9.17) is 26.1 Å². The molecule has 0 radical (unpaired) electrons. The molecule has 1 amide bonds. The van der Waals surface area contributed by atoms with Crippen molar-refractivity contribution in [1.82, 2.24) is 5.32 Å². The number of ether oxygens (including phenoxy) is 2. The summed E-state index contributed by atoms with van der Waals surface area (Å²) in [5.41, 5.74) is 0.916. The maximum Gasteiger partial charge on any atom is 0.336 e. The Hall–Kier alpha value is -3.39. The second kappa shape index (κ2) is 7.88. The van der Waals surface area contributed by atoms with Crippen molar-refractivity contribution in [2.75, 3.05) is 19.5 Å². The van der Waals surface area contributed by atoms with Gasteiger partial charge in [0, 0.05) is 17.1 Å². The summed E-state index contributed by atoms with van der Waals surface area (Å²) >= 11 is 5.22. The number of nitrogens with one attached hydrogen (secondary N) is 2. The maximum atomic E-state index is 12.6. The van der Waals surface area contributed by atoms with Crippen molar-refractivity contribution in [3.05, 3.63) is 64.5 Å². The fourth-order valence-electron chi connectivity index (χ4n) is 2.55. The summed E-state index contributed by atoms with van der Waals surface area (Å²) in [6.07, 6.45) is 0. The summed E-state index contributed by atoms with van der Waals surface area (Å²) in [5, 5.41) is 6.35. The van der Waals surface area contributed by atoms with Gasteiger partial charge in [-0.2, -0.15) is 0 Å². The normalized spacial score (nSPS) is 10.3. The topological polar surface area (TPSA) is 89.8 Å². The first kappa shape index (κ1) is 18.4. The third-order valence-electron chi connectivity index (χ3n) is 3.76. The molecule has 0 saturated heterocycles. The number of rotatable bonds is 4. The molecule has 0 aliphatic carbocycles. The summed E-state index contributed by atoms with van der Waals surface area (Å²) in [6.45, 7) is 0. The van der Waals surface area contributed by atoms with E-state index in [9.17, 15) is 9.59 Å². The van der Waals surface area contributed by atoms with E-state index in [1.165, 1.54) is 20.3 Å². The van der Waals surface area contributed by atoms with Gasteiger partial charge in [0.15, 0.2) is 5.11 Å². The highest BCUT2D eigenvalue weighted by Crippen LogP contribution is 2.28. The lowest BCUT2D eigenvalue weighted by molar-refractivity contribution is 0.0971. The fourth-order valence-corrected chi connectivity index (χ4v) is 2.76. The van der Waals surface area contributed by atoms with E-state index >= 15 is 0 Å². The SMILES string of the molecule is COc1cccc(OC)c1C(=O)NC(=S)Nc1ccc2oc(=O)ccc2c1. The lowest BCUT2D eigenvalue weighted by atomic mass is 10.1. The summed E-state index contributed by atoms with van der Waals surface area (Å²) in [6, 6.07) is 13.1. The van der Waals surface area contributed by atoms with Crippen LogP contribution >= 0.6 is 12.2 Å². The molecule has 2 N–H and O–H groups in total. The van der Waals surface area contributed by atoms with Crippen LogP contribution in [0.4, 0.5) is 5.69 Å². The number of fused-ring (bicyclic) bond motifs is 1. The molecule has 7 nitrogen and oxygen atoms in total. The van der Waals surface area contributed by atoms with Gasteiger partial charge in [-0.05, 0) is 48.6 Å². The first-order valence-corrected chi connectivity index (χ1v) is 8.30. The van der Waals surface area contributed by atoms with Crippen molar-refractivity contribution in [2.24, 2.45) is 0 Å². The van der Waals surface area contributed by atoms with Gasteiger partial charge in [-0.1, -0.05) is 6.07 Å². The van der Waals surface area contributed by atoms with Crippen LogP contribution in [-0.2, 0) is 0 Å². The molecule has 0 aliphatic rings. The average Bonchev–Trinajstić information content (AvgIpc) is 2.67. The van der Waals surface area contributed by atoms with Gasteiger partial charge in [0.1, 0.15) is 22.6 Å². The number of benzene rings is 2. The van der Waals surface area contributed by atoms with E-state index in [0.29, 0.717) is 22.8 Å². The van der Waals surface area contributed by atoms with Crippen molar-refractivity contribution in [3.63, 3.8) is 0 Å². The predicted molar refractivity (Wildman–Crippen MR) is 106 cm³/mol. The van der Waals surface area contributed by atoms with Crippen LogP contribution in [-0.4, -0.2) is 25.2 Å². The van der Waals surface area contributed by atoms with E-state index < -0.39 is 11.5 Å². The lowest BCUT2D eigenvalue weighted by Gasteiger charge is -2.14. The Morgan fingerprint density at radius 1 is 1.04 bits per heavy atom. The van der Waals surface area contributed by atoms with Gasteiger partial charge in [-0.25, -0.2) is 4.79 Å². The first-order chi connectivity index (χ1) is 13.0. The minimum absolute atomic E-state index is 0.102. The summed E-state index contributed by atoms with van der Waals surface area (Å²) in [4.78, 5) is 23.8. The minimum atomic E-state index is -0.464. The molecule has 1 heterocycles. The molecule has 1 aromatic heterocycles. The predicted octanol–water partition coefficient (Wildman–Crippen LogP) is 2.94. The van der Waals surface area contributed by atoms with Crippen LogP contribution in [0.1, 0.15) is 10.4 Å². The van der Waals surface area contributed by atoms with Crippen molar-refractivity contribution in [2.45, 2.75) is 0 Å². The lowest BCUT2D eigenvalue weighted by Crippen LogP contribution is -2.34. The molecule has 0 saturated carbocycles. The first-order valence-electron chi connectivity index (χ1n) is 7.89. The number of carbonyl (C=O) groups is 1. The third kappa shape index (κ3) is 4.06. The highest BCUT2D eigenvalue weighted by atomic mass is 32.1. The van der Waals surface area contributed by atoms with Gasteiger partial charge >= 0.3 is 5.63 Å². The molecule has 0 bridgehead atoms. The van der Waals surface area contributed by atoms with Crippen molar-refractivity contribution >= 4 is 39.9 Å². The highest BCUT2D eigenvalue weighted by Gasteiger charge is 2.19. The minimum Gasteiger partial charge on any atom is -0.496 e. The van der Waals surface area contributed by atoms with Crippen LogP contribution < -0.4 is 25.7 Å². The number of thiocarbonyl (C=S) groups is 1. The second-order valence-corrected chi connectivity index (χ2v) is 5.86. The third-order valence-corrected chi connectivity index (χ3v) is 3.96. The van der Waals surface area contributed by atoms with Gasteiger partial charge < -0.3 is 19.2 Å². The number of hydrogen-bond acceptors (Lipinski definition) is 6. The molecule has 3 rings (SSSR count). The van der Waals surface area contributed by atoms with Gasteiger partial charge in [0.2, 0.25) is 0 Å². The van der Waals surface area contributed by atoms with Gasteiger partial charge in [-0.15, -0.1) is 0 Å². The van der Waals surface area contributed by atoms with Crippen LogP contribution in [0.5, 0.6) is 11.5 Å². The Balaban J connectivity index is 1.77. The van der Waals surface area contributed by atoms with Gasteiger partial charge in [0.25, 0.3) is 5.91 Å². The molecule has 0 fully saturated rings. The van der Waals surface area contributed by atoms with Gasteiger partial charge in [-0.3, -0.25) is 10.1 Å². The maximum absolute atomic E-state index is 12.6. The molecule has 8 heteroatoms. The summed E-state index contributed by atoms with van der Waals surface area (Å²) < 4.78 is 15.5. The van der Waals surface area contributed by atoms with E-state index in [-0.39, 0.29) is 10.7 Å². The summed E-state index contributed by atoms with van der Waals surface area (Å²) in [5.74, 6) is 0.277. The van der Waals surface area contributed by atoms with E-state index in [2.05, 4.69) is 10.6 Å². The molecule has 2 aromatic carbocycles. The number of hydrogen-bond donors (Lipinski definition) is 2. The van der Waals surface area contributed by atoms with E-state index in [0.717, 1.165) is 5.39 Å². The van der Waals surface area contributed by atoms with Crippen molar-refractivity contribution in [1.29, 1.82) is 0 Å². The van der Waals surface area contributed by atoms with Crippen LogP contribution in [0.2, 0.25) is 0 Å². The molecule has 3 aromatic rings. The van der Waals surface area contributed by atoms with Crippen LogP contribution in [0, 0.1) is 0 Å². The van der Waals surface area contributed by atoms with Crippen LogP contribution in [0.25, 0.3) is 11.0 Å². The Morgan fingerprint density at radius 3 is 2.41 bits per heavy atom. The monoisotopic (exact) mass is 384 g/mol. The molecule has 27 heavy (non-hydrogen) atoms. The Morgan fingerprint density at radius 2 is 1.74 bits per heavy atom. The fraction of sp³-hybridized carbons (Fsp3) is 0.105. The largest absolute Gasteiger partial charge is 0.496 e. The van der Waals surface area contributed by atoms with Crippen LogP contribution in [0.15, 0.2) is 57.7 Å². The molecule has 0 spiro atoms. The molecule has 138 valence electrons. The molecule has 0 unspecified atom stereocenters.